The first-order valence-electron chi connectivity index (χ1n) is 4.39. The van der Waals surface area contributed by atoms with Crippen LogP contribution in [-0.2, 0) is 14.3 Å². The lowest BCUT2D eigenvalue weighted by Crippen LogP contribution is -2.37. The van der Waals surface area contributed by atoms with Crippen molar-refractivity contribution in [2.24, 2.45) is 5.41 Å². The Balaban J connectivity index is 2.77. The van der Waals surface area contributed by atoms with E-state index in [2.05, 4.69) is 0 Å². The smallest absolute Gasteiger partial charge is 0.303 e. The predicted octanol–water partition coefficient (Wildman–Crippen LogP) is 1.47. The summed E-state index contributed by atoms with van der Waals surface area (Å²) in [4.78, 5) is 21.6. The maximum absolute atomic E-state index is 10.8. The van der Waals surface area contributed by atoms with Crippen molar-refractivity contribution in [1.82, 2.24) is 0 Å². The third-order valence-electron chi connectivity index (χ3n) is 2.37. The van der Waals surface area contributed by atoms with E-state index < -0.39 is 11.5 Å². The zero-order valence-corrected chi connectivity index (χ0v) is 7.95. The van der Waals surface area contributed by atoms with Gasteiger partial charge in [-0.15, -0.1) is 0 Å². The molecule has 0 aromatic heterocycles. The van der Waals surface area contributed by atoms with E-state index in [0.29, 0.717) is 0 Å². The summed E-state index contributed by atoms with van der Waals surface area (Å²) in [6.45, 7) is 3.17. The minimum atomic E-state index is -0.541. The minimum absolute atomic E-state index is 0.343. The molecule has 0 radical (unpaired) electrons. The number of hydrogen-bond acceptors (Lipinski definition) is 3. The number of aldehydes is 1. The molecule has 72 valence electrons. The molecular formula is C10H14O3. The maximum Gasteiger partial charge on any atom is 0.303 e. The topological polar surface area (TPSA) is 43.4 Å². The molecule has 1 aliphatic rings. The van der Waals surface area contributed by atoms with Crippen LogP contribution < -0.4 is 0 Å². The molecule has 0 N–H and O–H groups in total. The molecule has 0 aliphatic heterocycles. The molecule has 3 heteroatoms. The van der Waals surface area contributed by atoms with E-state index in [1.165, 1.54) is 6.92 Å². The second kappa shape index (κ2) is 3.73. The van der Waals surface area contributed by atoms with Crippen LogP contribution in [0.2, 0.25) is 0 Å². The van der Waals surface area contributed by atoms with Crippen LogP contribution >= 0.6 is 0 Å². The summed E-state index contributed by atoms with van der Waals surface area (Å²) in [5.41, 5.74) is -0.541. The molecule has 0 unspecified atom stereocenters. The van der Waals surface area contributed by atoms with Gasteiger partial charge in [0.25, 0.3) is 0 Å². The van der Waals surface area contributed by atoms with Gasteiger partial charge in [0, 0.05) is 6.92 Å². The van der Waals surface area contributed by atoms with E-state index in [1.54, 1.807) is 6.08 Å². The van der Waals surface area contributed by atoms with Crippen molar-refractivity contribution in [1.29, 1.82) is 0 Å². The fourth-order valence-electron chi connectivity index (χ4n) is 1.45. The van der Waals surface area contributed by atoms with Gasteiger partial charge in [-0.3, -0.25) is 4.79 Å². The quantitative estimate of drug-likeness (QED) is 0.369. The van der Waals surface area contributed by atoms with Gasteiger partial charge in [-0.2, -0.15) is 0 Å². The highest BCUT2D eigenvalue weighted by Gasteiger charge is 2.36. The molecule has 0 saturated carbocycles. The first kappa shape index (κ1) is 9.96. The van der Waals surface area contributed by atoms with E-state index in [1.807, 2.05) is 13.0 Å². The van der Waals surface area contributed by atoms with Crippen molar-refractivity contribution in [2.45, 2.75) is 32.8 Å². The molecule has 1 rings (SSSR count). The number of hydrogen-bond donors (Lipinski definition) is 0. The van der Waals surface area contributed by atoms with Gasteiger partial charge in [-0.25, -0.2) is 0 Å². The van der Waals surface area contributed by atoms with Gasteiger partial charge >= 0.3 is 5.97 Å². The Labute approximate surface area is 77.8 Å². The van der Waals surface area contributed by atoms with Crippen molar-refractivity contribution in [2.75, 3.05) is 0 Å². The summed E-state index contributed by atoms with van der Waals surface area (Å²) in [5.74, 6) is -0.343. The molecule has 13 heavy (non-hydrogen) atoms. The molecule has 0 aromatic carbocycles. The number of carbonyl (C=O) groups excluding carboxylic acids is 2. The van der Waals surface area contributed by atoms with Crippen LogP contribution in [0.4, 0.5) is 0 Å². The molecule has 1 aliphatic carbocycles. The van der Waals surface area contributed by atoms with Gasteiger partial charge in [-0.05, 0) is 25.8 Å². The van der Waals surface area contributed by atoms with Crippen molar-refractivity contribution in [3.05, 3.63) is 12.2 Å². The van der Waals surface area contributed by atoms with Crippen molar-refractivity contribution >= 4 is 12.3 Å². The van der Waals surface area contributed by atoms with Crippen LogP contribution in [0.1, 0.15) is 26.7 Å². The Morgan fingerprint density at radius 3 is 2.92 bits per heavy atom. The zero-order valence-electron chi connectivity index (χ0n) is 7.95. The number of allylic oxidation sites excluding steroid dienone is 1. The van der Waals surface area contributed by atoms with Gasteiger partial charge in [0.1, 0.15) is 12.4 Å². The zero-order chi connectivity index (χ0) is 9.90. The summed E-state index contributed by atoms with van der Waals surface area (Å²) < 4.78 is 5.04. The van der Waals surface area contributed by atoms with E-state index in [9.17, 15) is 9.59 Å². The number of esters is 1. The average molecular weight is 182 g/mol. The van der Waals surface area contributed by atoms with Gasteiger partial charge in [0.05, 0.1) is 5.41 Å². The third-order valence-corrected chi connectivity index (χ3v) is 2.37. The molecule has 0 aromatic rings. The lowest BCUT2D eigenvalue weighted by atomic mass is 9.78. The van der Waals surface area contributed by atoms with Crippen LogP contribution in [-0.4, -0.2) is 18.4 Å². The minimum Gasteiger partial charge on any atom is -0.457 e. The van der Waals surface area contributed by atoms with E-state index in [4.69, 9.17) is 4.74 Å². The lowest BCUT2D eigenvalue weighted by molar-refractivity contribution is -0.151. The molecule has 0 heterocycles. The van der Waals surface area contributed by atoms with E-state index >= 15 is 0 Å². The van der Waals surface area contributed by atoms with Gasteiger partial charge in [0.2, 0.25) is 0 Å². The summed E-state index contributed by atoms with van der Waals surface area (Å²) in [7, 11) is 0. The molecular weight excluding hydrogens is 168 g/mol. The molecule has 0 amide bonds. The maximum atomic E-state index is 10.8. The highest BCUT2D eigenvalue weighted by Crippen LogP contribution is 2.32. The first-order valence-corrected chi connectivity index (χ1v) is 4.39. The van der Waals surface area contributed by atoms with Crippen LogP contribution in [0.3, 0.4) is 0 Å². The second-order valence-electron chi connectivity index (χ2n) is 3.62. The van der Waals surface area contributed by atoms with Crippen LogP contribution in [0.15, 0.2) is 12.2 Å². The van der Waals surface area contributed by atoms with E-state index in [0.717, 1.165) is 19.1 Å². The Morgan fingerprint density at radius 1 is 1.69 bits per heavy atom. The van der Waals surface area contributed by atoms with Crippen molar-refractivity contribution < 1.29 is 14.3 Å². The lowest BCUT2D eigenvalue weighted by Gasteiger charge is -2.32. The highest BCUT2D eigenvalue weighted by molar-refractivity contribution is 5.68. The van der Waals surface area contributed by atoms with Crippen LogP contribution in [0, 0.1) is 5.41 Å². The van der Waals surface area contributed by atoms with Crippen molar-refractivity contribution in [3.8, 4) is 0 Å². The number of rotatable bonds is 2. The predicted molar refractivity (Wildman–Crippen MR) is 48.1 cm³/mol. The molecule has 3 nitrogen and oxygen atoms in total. The van der Waals surface area contributed by atoms with Crippen LogP contribution in [0.25, 0.3) is 0 Å². The Hall–Kier alpha value is -1.12. The summed E-state index contributed by atoms with van der Waals surface area (Å²) >= 11 is 0. The normalized spacial score (nSPS) is 32.6. The summed E-state index contributed by atoms with van der Waals surface area (Å²) in [6, 6.07) is 0. The van der Waals surface area contributed by atoms with Gasteiger partial charge < -0.3 is 9.53 Å². The summed E-state index contributed by atoms with van der Waals surface area (Å²) in [5, 5.41) is 0. The van der Waals surface area contributed by atoms with E-state index in [-0.39, 0.29) is 5.97 Å². The molecule has 0 fully saturated rings. The molecule has 0 saturated heterocycles. The standard InChI is InChI=1S/C10H14O3/c1-8(12)13-9-5-3-4-6-10(9,2)7-11/h3,5,7,9H,4,6H2,1-2H3/t9-,10+/m1/s1. The molecule has 0 bridgehead atoms. The largest absolute Gasteiger partial charge is 0.457 e. The van der Waals surface area contributed by atoms with Gasteiger partial charge in [0.15, 0.2) is 0 Å². The number of carbonyl (C=O) groups is 2. The Morgan fingerprint density at radius 2 is 2.38 bits per heavy atom. The molecule has 0 spiro atoms. The third kappa shape index (κ3) is 2.17. The fraction of sp³-hybridized carbons (Fsp3) is 0.600. The monoisotopic (exact) mass is 182 g/mol. The second-order valence-corrected chi connectivity index (χ2v) is 3.62. The Kier molecular flexibility index (Phi) is 2.86. The first-order chi connectivity index (χ1) is 6.08. The van der Waals surface area contributed by atoms with Gasteiger partial charge in [-0.1, -0.05) is 6.08 Å². The highest BCUT2D eigenvalue weighted by atomic mass is 16.5. The van der Waals surface area contributed by atoms with Crippen molar-refractivity contribution in [3.63, 3.8) is 0 Å². The van der Waals surface area contributed by atoms with Crippen LogP contribution in [0.5, 0.6) is 0 Å². The Bertz CT molecular complexity index is 245. The summed E-state index contributed by atoms with van der Waals surface area (Å²) in [6.07, 6.45) is 5.83. The number of ether oxygens (including phenoxy) is 1. The average Bonchev–Trinajstić information content (AvgIpc) is 2.09. The SMILES string of the molecule is CC(=O)O[C@@H]1C=CCC[C@@]1(C)C=O. The fourth-order valence-corrected chi connectivity index (χ4v) is 1.45. The molecule has 2 atom stereocenters.